The number of nitrogens with one attached hydrogen (secondary N) is 1. The number of ether oxygens (including phenoxy) is 1. The number of aromatic carboxylic acids is 1. The van der Waals surface area contributed by atoms with Gasteiger partial charge < -0.3 is 15.2 Å². The third-order valence-corrected chi connectivity index (χ3v) is 8.83. The van der Waals surface area contributed by atoms with Crippen LogP contribution in [0.1, 0.15) is 115 Å². The number of carboxylic acid groups (broad SMARTS) is 1. The topological polar surface area (TPSA) is 138 Å². The summed E-state index contributed by atoms with van der Waals surface area (Å²) in [6, 6.07) is -1.66. The number of nitrogens with zero attached hydrogens (tertiary/aromatic N) is 3. The lowest BCUT2D eigenvalue weighted by molar-refractivity contribution is -0.213. The van der Waals surface area contributed by atoms with E-state index >= 15 is 0 Å². The molecule has 1 aliphatic rings. The summed E-state index contributed by atoms with van der Waals surface area (Å²) in [5.41, 5.74) is -0.135. The molecule has 238 valence electrons. The van der Waals surface area contributed by atoms with Gasteiger partial charge in [0.05, 0.1) is 18.7 Å². The van der Waals surface area contributed by atoms with E-state index in [1.54, 1.807) is 0 Å². The molecule has 1 saturated heterocycles. The Bertz CT molecular complexity index is 1030. The minimum atomic E-state index is -1.17. The number of esters is 1. The van der Waals surface area contributed by atoms with Crippen LogP contribution in [0.25, 0.3) is 0 Å². The summed E-state index contributed by atoms with van der Waals surface area (Å²) in [5.74, 6) is -2.52. The number of hydrogen-bond donors (Lipinski definition) is 2. The molecule has 0 aliphatic carbocycles. The number of carbonyl (C=O) groups is 4. The molecule has 1 aromatic heterocycles. The molecular weight excluding hydrogens is 560 g/mol. The van der Waals surface area contributed by atoms with E-state index in [1.165, 1.54) is 17.4 Å². The van der Waals surface area contributed by atoms with Gasteiger partial charge in [-0.15, -0.1) is 11.3 Å². The first-order valence-corrected chi connectivity index (χ1v) is 16.1. The summed E-state index contributed by atoms with van der Waals surface area (Å²) in [6.07, 6.45) is 5.35. The summed E-state index contributed by atoms with van der Waals surface area (Å²) in [4.78, 5) is 63.8. The number of likely N-dealkylation sites (tertiary alicyclic amines) is 1. The van der Waals surface area contributed by atoms with Crippen molar-refractivity contribution in [1.29, 1.82) is 0 Å². The Kier molecular flexibility index (Phi) is 14.9. The maximum atomic E-state index is 14.4. The number of piperidine rings is 1. The van der Waals surface area contributed by atoms with Crippen LogP contribution in [0, 0.1) is 11.8 Å². The fourth-order valence-electron chi connectivity index (χ4n) is 5.11. The van der Waals surface area contributed by atoms with Crippen LogP contribution in [0.2, 0.25) is 0 Å². The van der Waals surface area contributed by atoms with Crippen LogP contribution in [0.5, 0.6) is 0 Å². The van der Waals surface area contributed by atoms with Crippen LogP contribution in [0.4, 0.5) is 0 Å². The highest BCUT2D eigenvalue weighted by molar-refractivity contribution is 7.09. The van der Waals surface area contributed by atoms with Crippen molar-refractivity contribution in [3.63, 3.8) is 0 Å². The monoisotopic (exact) mass is 610 g/mol. The third-order valence-electron chi connectivity index (χ3n) is 7.90. The lowest BCUT2D eigenvalue weighted by Gasteiger charge is -2.39. The van der Waals surface area contributed by atoms with Crippen LogP contribution in [-0.4, -0.2) is 82.1 Å². The number of amides is 2. The van der Waals surface area contributed by atoms with Crippen molar-refractivity contribution in [2.75, 3.05) is 20.2 Å². The molecule has 12 heteroatoms. The van der Waals surface area contributed by atoms with Crippen molar-refractivity contribution in [3.05, 3.63) is 16.1 Å². The molecule has 1 aromatic rings. The van der Waals surface area contributed by atoms with Gasteiger partial charge in [-0.25, -0.2) is 14.8 Å². The molecule has 1 fully saturated rings. The Hall–Kier alpha value is -2.57. The maximum Gasteiger partial charge on any atom is 0.355 e. The number of hydrogen-bond acceptors (Lipinski definition) is 9. The van der Waals surface area contributed by atoms with E-state index in [0.29, 0.717) is 18.0 Å². The SMILES string of the molecule is CCCCCON(C(=O)[C@@H](NC(=O)C1CCCCN1C)[C@@H](C)CC)[C@H](C[C@@H](OC(C)=O)c1nc(C(=O)O)cs1)C(C)C. The summed E-state index contributed by atoms with van der Waals surface area (Å²) in [7, 11) is 1.94. The van der Waals surface area contributed by atoms with E-state index in [1.807, 2.05) is 39.6 Å². The Balaban J connectivity index is 2.43. The number of likely N-dealkylation sites (N-methyl/N-ethyl adjacent to an activating group) is 1. The molecule has 2 amide bonds. The second kappa shape index (κ2) is 17.5. The van der Waals surface area contributed by atoms with Crippen LogP contribution < -0.4 is 5.32 Å². The Labute approximate surface area is 254 Å². The number of thiazole rings is 1. The quantitative estimate of drug-likeness (QED) is 0.144. The van der Waals surface area contributed by atoms with Crippen molar-refractivity contribution >= 4 is 35.1 Å². The molecule has 5 atom stereocenters. The molecule has 2 N–H and O–H groups in total. The summed E-state index contributed by atoms with van der Waals surface area (Å²) < 4.78 is 5.62. The Morgan fingerprint density at radius 2 is 1.90 bits per heavy atom. The minimum Gasteiger partial charge on any atom is -0.476 e. The molecule has 0 spiro atoms. The van der Waals surface area contributed by atoms with E-state index in [9.17, 15) is 24.3 Å². The van der Waals surface area contributed by atoms with Crippen molar-refractivity contribution in [3.8, 4) is 0 Å². The standard InChI is InChI=1S/C30H50N4O7S/c1-8-10-13-16-40-34(29(37)26(20(5)9-2)32-27(36)23-14-11-12-15-33(23)7)24(19(3)4)17-25(41-21(6)35)28-31-22(18-42-28)30(38)39/h18-20,23-26H,8-17H2,1-7H3,(H,32,36)(H,38,39)/t20-,23?,24+,25+,26-/m0/s1. The van der Waals surface area contributed by atoms with Crippen molar-refractivity contribution in [2.45, 2.75) is 117 Å². The lowest BCUT2D eigenvalue weighted by Crippen LogP contribution is -2.58. The lowest BCUT2D eigenvalue weighted by atomic mass is 9.93. The molecule has 2 rings (SSSR count). The highest BCUT2D eigenvalue weighted by Gasteiger charge is 2.39. The molecule has 1 unspecified atom stereocenters. The summed E-state index contributed by atoms with van der Waals surface area (Å²) in [6.45, 7) is 12.3. The first-order valence-electron chi connectivity index (χ1n) is 15.2. The zero-order chi connectivity index (χ0) is 31.4. The minimum absolute atomic E-state index is 0.130. The average molecular weight is 611 g/mol. The Morgan fingerprint density at radius 3 is 2.45 bits per heavy atom. The van der Waals surface area contributed by atoms with Crippen LogP contribution in [0.15, 0.2) is 5.38 Å². The van der Waals surface area contributed by atoms with E-state index in [0.717, 1.165) is 56.4 Å². The van der Waals surface area contributed by atoms with Gasteiger partial charge in [-0.2, -0.15) is 0 Å². The second-order valence-corrected chi connectivity index (χ2v) is 12.5. The Morgan fingerprint density at radius 1 is 1.19 bits per heavy atom. The first-order chi connectivity index (χ1) is 19.9. The summed E-state index contributed by atoms with van der Waals surface area (Å²) in [5, 5.41) is 15.6. The molecule has 0 aromatic carbocycles. The maximum absolute atomic E-state index is 14.4. The van der Waals surface area contributed by atoms with Gasteiger partial charge in [0.25, 0.3) is 5.91 Å². The summed E-state index contributed by atoms with van der Waals surface area (Å²) >= 11 is 1.09. The molecule has 0 bridgehead atoms. The molecule has 11 nitrogen and oxygen atoms in total. The van der Waals surface area contributed by atoms with E-state index < -0.39 is 30.1 Å². The highest BCUT2D eigenvalue weighted by Crippen LogP contribution is 2.32. The van der Waals surface area contributed by atoms with Crippen molar-refractivity contribution in [2.24, 2.45) is 11.8 Å². The highest BCUT2D eigenvalue weighted by atomic mass is 32.1. The normalized spacial score (nSPS) is 18.6. The zero-order valence-electron chi connectivity index (χ0n) is 26.3. The van der Waals surface area contributed by atoms with E-state index in [2.05, 4.69) is 17.2 Å². The van der Waals surface area contributed by atoms with Gasteiger partial charge in [-0.1, -0.05) is 60.3 Å². The van der Waals surface area contributed by atoms with Crippen LogP contribution in [-0.2, 0) is 24.0 Å². The van der Waals surface area contributed by atoms with Gasteiger partial charge in [0.1, 0.15) is 11.0 Å². The molecule has 2 heterocycles. The van der Waals surface area contributed by atoms with Gasteiger partial charge >= 0.3 is 11.9 Å². The first kappa shape index (κ1) is 35.6. The second-order valence-electron chi connectivity index (χ2n) is 11.6. The molecule has 0 radical (unpaired) electrons. The van der Waals surface area contributed by atoms with Gasteiger partial charge in [0.2, 0.25) is 5.91 Å². The van der Waals surface area contributed by atoms with Gasteiger partial charge in [-0.05, 0) is 44.7 Å². The average Bonchev–Trinajstić information content (AvgIpc) is 3.44. The molecular formula is C30H50N4O7S. The van der Waals surface area contributed by atoms with Crippen LogP contribution >= 0.6 is 11.3 Å². The number of unbranched alkanes of at least 4 members (excludes halogenated alkanes) is 2. The number of carboxylic acids is 1. The van der Waals surface area contributed by atoms with Gasteiger partial charge in [0.15, 0.2) is 11.8 Å². The van der Waals surface area contributed by atoms with E-state index in [-0.39, 0.29) is 41.8 Å². The van der Waals surface area contributed by atoms with E-state index in [4.69, 9.17) is 9.57 Å². The van der Waals surface area contributed by atoms with Crippen molar-refractivity contribution in [1.82, 2.24) is 20.3 Å². The largest absolute Gasteiger partial charge is 0.476 e. The van der Waals surface area contributed by atoms with Crippen molar-refractivity contribution < 1.29 is 33.9 Å². The van der Waals surface area contributed by atoms with Gasteiger partial charge in [0, 0.05) is 18.7 Å². The van der Waals surface area contributed by atoms with Gasteiger partial charge in [-0.3, -0.25) is 24.1 Å². The smallest absolute Gasteiger partial charge is 0.355 e. The molecule has 1 aliphatic heterocycles. The zero-order valence-corrected chi connectivity index (χ0v) is 27.1. The fraction of sp³-hybridized carbons (Fsp3) is 0.767. The number of rotatable bonds is 17. The number of aromatic nitrogens is 1. The number of carbonyl (C=O) groups excluding carboxylic acids is 3. The predicted octanol–water partition coefficient (Wildman–Crippen LogP) is 4.83. The third kappa shape index (κ3) is 10.3. The molecule has 0 saturated carbocycles. The number of hydroxylamine groups is 2. The predicted molar refractivity (Wildman–Crippen MR) is 161 cm³/mol. The molecule has 42 heavy (non-hydrogen) atoms. The fourth-order valence-corrected chi connectivity index (χ4v) is 5.94. The van der Waals surface area contributed by atoms with Crippen LogP contribution in [0.3, 0.4) is 0 Å².